The zero-order valence-corrected chi connectivity index (χ0v) is 6.60. The number of nitrogens with two attached hydrogens (primary N) is 1. The molecule has 0 spiro atoms. The summed E-state index contributed by atoms with van der Waals surface area (Å²) in [7, 11) is 0. The maximum Gasteiger partial charge on any atom is -0.00200 e. The lowest BCUT2D eigenvalue weighted by Crippen LogP contribution is -2.22. The first kappa shape index (κ1) is 8.02. The molecule has 1 atom stereocenters. The molecule has 60 valence electrons. The van der Waals surface area contributed by atoms with Crippen LogP contribution >= 0.6 is 0 Å². The topological polar surface area (TPSA) is 38.0 Å². The molecule has 0 aromatic heterocycles. The molecule has 1 rings (SSSR count). The summed E-state index contributed by atoms with van der Waals surface area (Å²) in [5, 5.41) is 3.43. The van der Waals surface area contributed by atoms with Gasteiger partial charge in [-0.25, -0.2) is 0 Å². The van der Waals surface area contributed by atoms with Gasteiger partial charge in [-0.15, -0.1) is 0 Å². The van der Waals surface area contributed by atoms with Crippen LogP contribution < -0.4 is 11.1 Å². The quantitative estimate of drug-likeness (QED) is 0.596. The van der Waals surface area contributed by atoms with E-state index >= 15 is 0 Å². The van der Waals surface area contributed by atoms with Crippen molar-refractivity contribution in [1.82, 2.24) is 5.32 Å². The predicted octanol–water partition coefficient (Wildman–Crippen LogP) is 0.725. The van der Waals surface area contributed by atoms with Crippen molar-refractivity contribution in [1.29, 1.82) is 0 Å². The van der Waals surface area contributed by atoms with Crippen molar-refractivity contribution in [2.75, 3.05) is 19.6 Å². The highest BCUT2D eigenvalue weighted by molar-refractivity contribution is 4.67. The van der Waals surface area contributed by atoms with Gasteiger partial charge in [-0.2, -0.15) is 0 Å². The van der Waals surface area contributed by atoms with Gasteiger partial charge in [-0.3, -0.25) is 0 Å². The summed E-state index contributed by atoms with van der Waals surface area (Å²) >= 11 is 0. The molecule has 0 aliphatic carbocycles. The molecule has 0 amide bonds. The monoisotopic (exact) mass is 142 g/mol. The van der Waals surface area contributed by atoms with Crippen molar-refractivity contribution < 1.29 is 0 Å². The van der Waals surface area contributed by atoms with Crippen LogP contribution in [0.3, 0.4) is 0 Å². The van der Waals surface area contributed by atoms with Crippen LogP contribution in [0.5, 0.6) is 0 Å². The number of nitrogens with one attached hydrogen (secondary N) is 1. The normalized spacial score (nSPS) is 27.9. The molecule has 0 bridgehead atoms. The highest BCUT2D eigenvalue weighted by Gasteiger charge is 2.09. The minimum absolute atomic E-state index is 0.854. The van der Waals surface area contributed by atoms with Crippen LogP contribution in [0, 0.1) is 5.92 Å². The minimum Gasteiger partial charge on any atom is -0.330 e. The fourth-order valence-electron chi connectivity index (χ4n) is 1.57. The standard InChI is InChI=1S/C8H18N2/c9-5-4-8-3-1-2-6-10-7-8/h8,10H,1-7,9H2/t8-/m1/s1. The maximum atomic E-state index is 5.48. The van der Waals surface area contributed by atoms with E-state index < -0.39 is 0 Å². The summed E-state index contributed by atoms with van der Waals surface area (Å²) in [5.41, 5.74) is 5.48. The Balaban J connectivity index is 2.15. The molecular formula is C8H18N2. The van der Waals surface area contributed by atoms with Crippen LogP contribution in [0.1, 0.15) is 25.7 Å². The van der Waals surface area contributed by atoms with Crippen LogP contribution in [-0.4, -0.2) is 19.6 Å². The summed E-state index contributed by atoms with van der Waals surface area (Å²) in [5.74, 6) is 0.854. The van der Waals surface area contributed by atoms with E-state index in [0.717, 1.165) is 12.5 Å². The van der Waals surface area contributed by atoms with Gasteiger partial charge in [0.05, 0.1) is 0 Å². The SMILES string of the molecule is NCC[C@H]1CCCCNC1. The maximum absolute atomic E-state index is 5.48. The molecule has 2 heteroatoms. The van der Waals surface area contributed by atoms with E-state index in [9.17, 15) is 0 Å². The molecule has 1 fully saturated rings. The second kappa shape index (κ2) is 4.69. The van der Waals surface area contributed by atoms with E-state index in [1.165, 1.54) is 38.8 Å². The number of hydrogen-bond donors (Lipinski definition) is 2. The van der Waals surface area contributed by atoms with Crippen molar-refractivity contribution in [3.05, 3.63) is 0 Å². The smallest absolute Gasteiger partial charge is 0.00200 e. The van der Waals surface area contributed by atoms with Crippen LogP contribution in [0.25, 0.3) is 0 Å². The highest BCUT2D eigenvalue weighted by Crippen LogP contribution is 2.13. The van der Waals surface area contributed by atoms with Gasteiger partial charge in [0.15, 0.2) is 0 Å². The van der Waals surface area contributed by atoms with Crippen LogP contribution in [0.2, 0.25) is 0 Å². The number of rotatable bonds is 2. The van der Waals surface area contributed by atoms with Crippen LogP contribution in [-0.2, 0) is 0 Å². The Morgan fingerprint density at radius 2 is 2.30 bits per heavy atom. The van der Waals surface area contributed by atoms with Crippen molar-refractivity contribution >= 4 is 0 Å². The van der Waals surface area contributed by atoms with E-state index in [-0.39, 0.29) is 0 Å². The second-order valence-electron chi connectivity index (χ2n) is 3.14. The molecule has 0 saturated carbocycles. The second-order valence-corrected chi connectivity index (χ2v) is 3.14. The minimum atomic E-state index is 0.854. The third-order valence-corrected chi connectivity index (χ3v) is 2.22. The van der Waals surface area contributed by atoms with Gasteiger partial charge in [-0.05, 0) is 44.8 Å². The molecule has 1 heterocycles. The third kappa shape index (κ3) is 2.67. The lowest BCUT2D eigenvalue weighted by Gasteiger charge is -2.11. The zero-order valence-electron chi connectivity index (χ0n) is 6.60. The van der Waals surface area contributed by atoms with E-state index in [0.29, 0.717) is 0 Å². The average molecular weight is 142 g/mol. The van der Waals surface area contributed by atoms with Gasteiger partial charge in [-0.1, -0.05) is 6.42 Å². The molecule has 2 nitrogen and oxygen atoms in total. The summed E-state index contributed by atoms with van der Waals surface area (Å²) in [6.07, 6.45) is 5.32. The molecule has 1 saturated heterocycles. The van der Waals surface area contributed by atoms with E-state index in [1.807, 2.05) is 0 Å². The Morgan fingerprint density at radius 3 is 3.10 bits per heavy atom. The van der Waals surface area contributed by atoms with Gasteiger partial charge < -0.3 is 11.1 Å². The van der Waals surface area contributed by atoms with Gasteiger partial charge in [0.2, 0.25) is 0 Å². The lowest BCUT2D eigenvalue weighted by molar-refractivity contribution is 0.452. The van der Waals surface area contributed by atoms with Gasteiger partial charge in [0.25, 0.3) is 0 Å². The molecule has 0 aromatic carbocycles. The summed E-state index contributed by atoms with van der Waals surface area (Å²) in [6, 6.07) is 0. The Hall–Kier alpha value is -0.0800. The molecular weight excluding hydrogens is 124 g/mol. The van der Waals surface area contributed by atoms with E-state index in [2.05, 4.69) is 5.32 Å². The highest BCUT2D eigenvalue weighted by atomic mass is 14.9. The first-order valence-electron chi connectivity index (χ1n) is 4.34. The largest absolute Gasteiger partial charge is 0.330 e. The summed E-state index contributed by atoms with van der Waals surface area (Å²) in [4.78, 5) is 0. The Labute approximate surface area is 63.2 Å². The van der Waals surface area contributed by atoms with Crippen molar-refractivity contribution in [2.24, 2.45) is 11.7 Å². The average Bonchev–Trinajstić information content (AvgIpc) is 2.17. The molecule has 0 unspecified atom stereocenters. The van der Waals surface area contributed by atoms with Crippen molar-refractivity contribution in [3.8, 4) is 0 Å². The molecule has 0 aromatic rings. The van der Waals surface area contributed by atoms with Gasteiger partial charge in [0.1, 0.15) is 0 Å². The van der Waals surface area contributed by atoms with Crippen molar-refractivity contribution in [3.63, 3.8) is 0 Å². The molecule has 1 aliphatic rings. The Kier molecular flexibility index (Phi) is 3.76. The van der Waals surface area contributed by atoms with E-state index in [4.69, 9.17) is 5.73 Å². The molecule has 10 heavy (non-hydrogen) atoms. The first-order valence-corrected chi connectivity index (χ1v) is 4.34. The van der Waals surface area contributed by atoms with Gasteiger partial charge in [0, 0.05) is 0 Å². The lowest BCUT2D eigenvalue weighted by atomic mass is 10.0. The van der Waals surface area contributed by atoms with Crippen LogP contribution in [0.15, 0.2) is 0 Å². The Morgan fingerprint density at radius 1 is 1.40 bits per heavy atom. The summed E-state index contributed by atoms with van der Waals surface area (Å²) < 4.78 is 0. The Bertz CT molecular complexity index is 75.3. The first-order chi connectivity index (χ1) is 4.93. The van der Waals surface area contributed by atoms with E-state index in [1.54, 1.807) is 0 Å². The van der Waals surface area contributed by atoms with Gasteiger partial charge >= 0.3 is 0 Å². The summed E-state index contributed by atoms with van der Waals surface area (Å²) in [6.45, 7) is 3.25. The molecule has 1 aliphatic heterocycles. The fraction of sp³-hybridized carbons (Fsp3) is 1.00. The fourth-order valence-corrected chi connectivity index (χ4v) is 1.57. The molecule has 0 radical (unpaired) electrons. The van der Waals surface area contributed by atoms with Crippen molar-refractivity contribution in [2.45, 2.75) is 25.7 Å². The molecule has 3 N–H and O–H groups in total. The predicted molar refractivity (Wildman–Crippen MR) is 43.9 cm³/mol. The van der Waals surface area contributed by atoms with Crippen LogP contribution in [0.4, 0.5) is 0 Å². The number of hydrogen-bond acceptors (Lipinski definition) is 2. The zero-order chi connectivity index (χ0) is 7.23. The third-order valence-electron chi connectivity index (χ3n) is 2.22.